The first kappa shape index (κ1) is 18.9. The fraction of sp³-hybridized carbons (Fsp3) is 0.400. The molecule has 0 radical (unpaired) electrons. The van der Waals surface area contributed by atoms with Crippen LogP contribution < -0.4 is 0 Å². The summed E-state index contributed by atoms with van der Waals surface area (Å²) in [5.41, 5.74) is 6.99. The number of aliphatic carboxylic acids is 1. The normalized spacial score (nSPS) is 25.7. The van der Waals surface area contributed by atoms with E-state index in [-0.39, 0.29) is 5.92 Å². The van der Waals surface area contributed by atoms with Crippen LogP contribution in [-0.2, 0) is 11.2 Å². The zero-order valence-electron chi connectivity index (χ0n) is 16.4. The average molecular weight is 376 g/mol. The van der Waals surface area contributed by atoms with E-state index in [2.05, 4.69) is 59.5 Å². The Morgan fingerprint density at radius 1 is 1.21 bits per heavy atom. The van der Waals surface area contributed by atoms with Crippen LogP contribution >= 0.6 is 0 Å². The maximum Gasteiger partial charge on any atom is 0.307 e. The number of carboxylic acids is 1. The van der Waals surface area contributed by atoms with Gasteiger partial charge in [-0.2, -0.15) is 0 Å². The number of aryl methyl sites for hydroxylation is 1. The number of fused-ring (bicyclic) bond motifs is 2. The molecule has 1 aromatic rings. The van der Waals surface area contributed by atoms with Crippen molar-refractivity contribution < 1.29 is 9.90 Å². The summed E-state index contributed by atoms with van der Waals surface area (Å²) in [4.78, 5) is 13.6. The largest absolute Gasteiger partial charge is 0.481 e. The first-order valence-corrected chi connectivity index (χ1v) is 10.5. The van der Waals surface area contributed by atoms with Gasteiger partial charge in [-0.15, -0.1) is 0 Å². The van der Waals surface area contributed by atoms with Crippen molar-refractivity contribution in [3.8, 4) is 0 Å². The quantitative estimate of drug-likeness (QED) is 0.804. The van der Waals surface area contributed by atoms with Gasteiger partial charge in [0, 0.05) is 13.1 Å². The molecule has 3 heteroatoms. The lowest BCUT2D eigenvalue weighted by molar-refractivity contribution is -0.143. The van der Waals surface area contributed by atoms with Gasteiger partial charge in [-0.25, -0.2) is 0 Å². The molecule has 28 heavy (non-hydrogen) atoms. The van der Waals surface area contributed by atoms with Crippen molar-refractivity contribution in [2.24, 2.45) is 5.92 Å². The van der Waals surface area contributed by atoms with Crippen LogP contribution in [0, 0.1) is 5.92 Å². The van der Waals surface area contributed by atoms with Gasteiger partial charge in [0.15, 0.2) is 0 Å². The van der Waals surface area contributed by atoms with E-state index in [0.29, 0.717) is 6.54 Å². The van der Waals surface area contributed by atoms with Crippen LogP contribution in [0.15, 0.2) is 65.8 Å². The molecule has 1 atom stereocenters. The molecule has 1 fully saturated rings. The highest BCUT2D eigenvalue weighted by atomic mass is 16.4. The third kappa shape index (κ3) is 4.36. The predicted molar refractivity (Wildman–Crippen MR) is 114 cm³/mol. The van der Waals surface area contributed by atoms with Crippen molar-refractivity contribution in [1.82, 2.24) is 4.90 Å². The zero-order valence-corrected chi connectivity index (χ0v) is 16.4. The molecule has 0 amide bonds. The van der Waals surface area contributed by atoms with Crippen molar-refractivity contribution in [3.63, 3.8) is 0 Å². The van der Waals surface area contributed by atoms with Crippen LogP contribution in [0.2, 0.25) is 0 Å². The first-order chi connectivity index (χ1) is 13.7. The lowest BCUT2D eigenvalue weighted by atomic mass is 9.85. The van der Waals surface area contributed by atoms with Gasteiger partial charge in [-0.3, -0.25) is 4.79 Å². The highest BCUT2D eigenvalue weighted by Crippen LogP contribution is 2.33. The Labute approximate surface area is 167 Å². The number of likely N-dealkylation sites (tertiary alicyclic amines) is 1. The van der Waals surface area contributed by atoms with Gasteiger partial charge in [0.25, 0.3) is 0 Å². The molecule has 2 aliphatic carbocycles. The molecule has 0 saturated carbocycles. The second-order valence-corrected chi connectivity index (χ2v) is 8.08. The van der Waals surface area contributed by atoms with Crippen molar-refractivity contribution >= 4 is 11.5 Å². The molecule has 4 rings (SSSR count). The van der Waals surface area contributed by atoms with Gasteiger partial charge in [0.2, 0.25) is 0 Å². The first-order valence-electron chi connectivity index (χ1n) is 10.5. The summed E-state index contributed by atoms with van der Waals surface area (Å²) in [6.07, 6.45) is 17.4. The minimum atomic E-state index is -0.647. The third-order valence-corrected chi connectivity index (χ3v) is 6.17. The molecule has 1 saturated heterocycles. The van der Waals surface area contributed by atoms with E-state index in [1.54, 1.807) is 0 Å². The van der Waals surface area contributed by atoms with Gasteiger partial charge < -0.3 is 10.0 Å². The van der Waals surface area contributed by atoms with Gasteiger partial charge in [-0.05, 0) is 72.9 Å². The Morgan fingerprint density at radius 3 is 3.00 bits per heavy atom. The van der Waals surface area contributed by atoms with E-state index in [1.807, 2.05) is 0 Å². The number of rotatable bonds is 4. The van der Waals surface area contributed by atoms with Crippen LogP contribution in [0.4, 0.5) is 0 Å². The highest BCUT2D eigenvalue weighted by molar-refractivity contribution is 5.78. The Morgan fingerprint density at radius 2 is 2.11 bits per heavy atom. The van der Waals surface area contributed by atoms with E-state index >= 15 is 0 Å². The number of piperidine rings is 1. The minimum absolute atomic E-state index is 0.202. The molecule has 1 unspecified atom stereocenters. The molecular formula is C25H29NO2. The summed E-state index contributed by atoms with van der Waals surface area (Å²) in [5.74, 6) is -0.848. The summed E-state index contributed by atoms with van der Waals surface area (Å²) in [7, 11) is 0. The smallest absolute Gasteiger partial charge is 0.307 e. The number of nitrogens with zero attached hydrogens (tertiary/aromatic N) is 1. The Hall–Kier alpha value is -2.39. The van der Waals surface area contributed by atoms with E-state index in [0.717, 1.165) is 51.6 Å². The van der Waals surface area contributed by atoms with Crippen LogP contribution in [0.25, 0.3) is 5.57 Å². The molecule has 3 nitrogen and oxygen atoms in total. The standard InChI is InChI=1S/C25H29NO2/c27-25(28)23-11-6-16-26(18-23)15-5-10-22-17-21-9-2-1-7-19(21)13-14-20-8-3-4-12-24(20)22/h1-4,7-8,10,12,17,23H,5-6,9,11,13-16,18H2,(H,27,28)/b21-17-,22-10?. The minimum Gasteiger partial charge on any atom is -0.481 e. The van der Waals surface area contributed by atoms with Crippen LogP contribution in [0.3, 0.4) is 0 Å². The predicted octanol–water partition coefficient (Wildman–Crippen LogP) is 5.02. The van der Waals surface area contributed by atoms with Gasteiger partial charge in [-0.1, -0.05) is 54.6 Å². The monoisotopic (exact) mass is 375 g/mol. The molecule has 3 aliphatic rings. The third-order valence-electron chi connectivity index (χ3n) is 6.17. The molecule has 1 N–H and O–H groups in total. The molecule has 146 valence electrons. The number of benzene rings is 1. The number of carboxylic acid groups (broad SMARTS) is 1. The SMILES string of the molecule is O=C(O)C1CCCN(CCC=C2/C=C3/CC=CC=C3CCc3ccccc32)C1. The van der Waals surface area contributed by atoms with Crippen LogP contribution in [0.5, 0.6) is 0 Å². The molecule has 1 aromatic carbocycles. The maximum absolute atomic E-state index is 11.3. The van der Waals surface area contributed by atoms with Crippen molar-refractivity contribution in [2.75, 3.05) is 19.6 Å². The second-order valence-electron chi connectivity index (χ2n) is 8.08. The Balaban J connectivity index is 1.53. The Bertz CT molecular complexity index is 859. The van der Waals surface area contributed by atoms with Crippen LogP contribution in [-0.4, -0.2) is 35.6 Å². The fourth-order valence-electron chi connectivity index (χ4n) is 4.60. The van der Waals surface area contributed by atoms with E-state index in [9.17, 15) is 9.90 Å². The second kappa shape index (κ2) is 8.74. The molecular weight excluding hydrogens is 346 g/mol. The summed E-state index contributed by atoms with van der Waals surface area (Å²) < 4.78 is 0. The van der Waals surface area contributed by atoms with Gasteiger partial charge in [0.05, 0.1) is 5.92 Å². The molecule has 0 aromatic heterocycles. The number of allylic oxidation sites excluding steroid dienone is 7. The maximum atomic E-state index is 11.3. The van der Waals surface area contributed by atoms with E-state index in [4.69, 9.17) is 0 Å². The van der Waals surface area contributed by atoms with Gasteiger partial charge in [0.1, 0.15) is 0 Å². The Kier molecular flexibility index (Phi) is 5.92. The van der Waals surface area contributed by atoms with Crippen molar-refractivity contribution in [2.45, 2.75) is 38.5 Å². The highest BCUT2D eigenvalue weighted by Gasteiger charge is 2.24. The van der Waals surface area contributed by atoms with E-state index < -0.39 is 5.97 Å². The topological polar surface area (TPSA) is 40.5 Å². The molecule has 0 spiro atoms. The number of hydrogen-bond donors (Lipinski definition) is 1. The van der Waals surface area contributed by atoms with Crippen molar-refractivity contribution in [3.05, 3.63) is 76.9 Å². The molecule has 0 bridgehead atoms. The summed E-state index contributed by atoms with van der Waals surface area (Å²) in [6.45, 7) is 2.64. The summed E-state index contributed by atoms with van der Waals surface area (Å²) >= 11 is 0. The fourth-order valence-corrected chi connectivity index (χ4v) is 4.60. The zero-order chi connectivity index (χ0) is 19.3. The lowest BCUT2D eigenvalue weighted by Crippen LogP contribution is -2.39. The number of hydrogen-bond acceptors (Lipinski definition) is 2. The van der Waals surface area contributed by atoms with E-state index in [1.165, 1.54) is 27.8 Å². The summed E-state index contributed by atoms with van der Waals surface area (Å²) in [6, 6.07) is 8.76. The number of carbonyl (C=O) groups is 1. The van der Waals surface area contributed by atoms with Crippen molar-refractivity contribution in [1.29, 1.82) is 0 Å². The lowest BCUT2D eigenvalue weighted by Gasteiger charge is -2.30. The average Bonchev–Trinajstić information content (AvgIpc) is 2.71. The molecule has 1 heterocycles. The van der Waals surface area contributed by atoms with Crippen LogP contribution in [0.1, 0.15) is 43.2 Å². The summed E-state index contributed by atoms with van der Waals surface area (Å²) in [5, 5.41) is 9.31. The van der Waals surface area contributed by atoms with Gasteiger partial charge >= 0.3 is 5.97 Å². The molecule has 1 aliphatic heterocycles.